The van der Waals surface area contributed by atoms with E-state index in [1.807, 2.05) is 0 Å². The van der Waals surface area contributed by atoms with Gasteiger partial charge in [0.05, 0.1) is 6.54 Å². The summed E-state index contributed by atoms with van der Waals surface area (Å²) in [4.78, 5) is 12.7. The molecule has 1 aromatic rings. The summed E-state index contributed by atoms with van der Waals surface area (Å²) in [7, 11) is -3.74. The van der Waals surface area contributed by atoms with E-state index < -0.39 is 21.6 Å². The lowest BCUT2D eigenvalue weighted by molar-refractivity contribution is -0.128. The van der Waals surface area contributed by atoms with Gasteiger partial charge in [0, 0.05) is 18.5 Å². The fourth-order valence-corrected chi connectivity index (χ4v) is 3.70. The summed E-state index contributed by atoms with van der Waals surface area (Å²) in [5.41, 5.74) is 3.34. The highest BCUT2D eigenvalue weighted by Crippen LogP contribution is 2.32. The Hall–Kier alpha value is -1.96. The van der Waals surface area contributed by atoms with E-state index in [0.717, 1.165) is 0 Å². The van der Waals surface area contributed by atoms with Crippen molar-refractivity contribution < 1.29 is 17.6 Å². The molecule has 1 unspecified atom stereocenters. The number of nitrogens with two attached hydrogens (primary N) is 1. The van der Waals surface area contributed by atoms with Crippen molar-refractivity contribution in [3.8, 4) is 0 Å². The van der Waals surface area contributed by atoms with Crippen LogP contribution in [0.2, 0.25) is 0 Å². The van der Waals surface area contributed by atoms with E-state index in [2.05, 4.69) is 4.40 Å². The predicted molar refractivity (Wildman–Crippen MR) is 69.4 cm³/mol. The maximum absolute atomic E-state index is 14.2. The summed E-state index contributed by atoms with van der Waals surface area (Å²) in [6.07, 6.45) is -0.0659. The van der Waals surface area contributed by atoms with Crippen molar-refractivity contribution in [3.05, 3.63) is 29.8 Å². The van der Waals surface area contributed by atoms with E-state index in [4.69, 9.17) is 5.73 Å². The Balaban J connectivity index is 2.00. The smallest absolute Gasteiger partial charge is 0.285 e. The number of likely N-dealkylation sites (tertiary alicyclic amines) is 1. The van der Waals surface area contributed by atoms with Gasteiger partial charge in [-0.2, -0.15) is 8.42 Å². The standard InChI is InChI=1S/C12H12FN3O3S/c13-12(11(14)17)5-6-16(7-12)10-8-3-1-2-4-9(8)20(18,19)15-10/h1-4H,5-7H2,(H2,14,17). The summed E-state index contributed by atoms with van der Waals surface area (Å²) >= 11 is 0. The van der Waals surface area contributed by atoms with E-state index in [0.29, 0.717) is 5.56 Å². The van der Waals surface area contributed by atoms with Crippen LogP contribution in [0.25, 0.3) is 0 Å². The zero-order valence-corrected chi connectivity index (χ0v) is 11.2. The average Bonchev–Trinajstić information content (AvgIpc) is 2.91. The summed E-state index contributed by atoms with van der Waals surface area (Å²) in [5, 5.41) is 0. The van der Waals surface area contributed by atoms with Gasteiger partial charge in [0.25, 0.3) is 15.9 Å². The molecule has 0 aromatic heterocycles. The van der Waals surface area contributed by atoms with Gasteiger partial charge in [0.15, 0.2) is 5.84 Å². The van der Waals surface area contributed by atoms with Crippen LogP contribution in [0.15, 0.2) is 33.6 Å². The van der Waals surface area contributed by atoms with Crippen LogP contribution in [0.1, 0.15) is 12.0 Å². The third-order valence-electron chi connectivity index (χ3n) is 3.57. The molecule has 1 saturated heterocycles. The molecule has 0 saturated carbocycles. The van der Waals surface area contributed by atoms with Gasteiger partial charge in [-0.25, -0.2) is 4.39 Å². The van der Waals surface area contributed by atoms with Crippen LogP contribution >= 0.6 is 0 Å². The maximum atomic E-state index is 14.2. The Morgan fingerprint density at radius 1 is 1.40 bits per heavy atom. The Kier molecular flexibility index (Phi) is 2.62. The summed E-state index contributed by atoms with van der Waals surface area (Å²) in [5.74, 6) is -0.851. The molecule has 1 amide bonds. The fraction of sp³-hybridized carbons (Fsp3) is 0.333. The van der Waals surface area contributed by atoms with Gasteiger partial charge in [0.2, 0.25) is 5.67 Å². The van der Waals surface area contributed by atoms with Crippen molar-refractivity contribution in [2.75, 3.05) is 13.1 Å². The minimum atomic E-state index is -3.74. The lowest BCUT2D eigenvalue weighted by atomic mass is 10.1. The number of carbonyl (C=O) groups excluding carboxylic acids is 1. The molecule has 3 rings (SSSR count). The molecule has 1 fully saturated rings. The molecule has 2 aliphatic heterocycles. The zero-order chi connectivity index (χ0) is 14.5. The van der Waals surface area contributed by atoms with E-state index in [-0.39, 0.29) is 30.2 Å². The molecule has 0 bridgehead atoms. The quantitative estimate of drug-likeness (QED) is 0.791. The summed E-state index contributed by atoms with van der Waals surface area (Å²) in [6, 6.07) is 6.35. The molecule has 0 aliphatic carbocycles. The molecule has 0 radical (unpaired) electrons. The molecule has 1 aromatic carbocycles. The first-order valence-electron chi connectivity index (χ1n) is 6.02. The van der Waals surface area contributed by atoms with Crippen LogP contribution in [0.5, 0.6) is 0 Å². The highest BCUT2D eigenvalue weighted by Gasteiger charge is 2.46. The lowest BCUT2D eigenvalue weighted by Crippen LogP contribution is -2.43. The highest BCUT2D eigenvalue weighted by molar-refractivity contribution is 7.90. The number of alkyl halides is 1. The number of sulfonamides is 1. The lowest BCUT2D eigenvalue weighted by Gasteiger charge is -2.19. The van der Waals surface area contributed by atoms with E-state index in [1.165, 1.54) is 11.0 Å². The predicted octanol–water partition coefficient (Wildman–Crippen LogP) is 0.0348. The number of hydrogen-bond donors (Lipinski definition) is 1. The number of hydrogen-bond acceptors (Lipinski definition) is 4. The van der Waals surface area contributed by atoms with Crippen LogP contribution in [0.4, 0.5) is 4.39 Å². The number of halogens is 1. The van der Waals surface area contributed by atoms with Crippen molar-refractivity contribution in [2.24, 2.45) is 10.1 Å². The largest absolute Gasteiger partial charge is 0.367 e. The molecule has 2 heterocycles. The highest BCUT2D eigenvalue weighted by atomic mass is 32.2. The van der Waals surface area contributed by atoms with Gasteiger partial charge in [0.1, 0.15) is 4.90 Å². The first-order chi connectivity index (χ1) is 9.33. The minimum absolute atomic E-state index is 0.0659. The molecule has 20 heavy (non-hydrogen) atoms. The van der Waals surface area contributed by atoms with E-state index in [9.17, 15) is 17.6 Å². The Bertz CT molecular complexity index is 731. The molecule has 2 N–H and O–H groups in total. The number of carbonyl (C=O) groups is 1. The van der Waals surface area contributed by atoms with Gasteiger partial charge in [-0.05, 0) is 12.1 Å². The van der Waals surface area contributed by atoms with Crippen molar-refractivity contribution >= 4 is 21.8 Å². The van der Waals surface area contributed by atoms with Gasteiger partial charge in [-0.3, -0.25) is 4.79 Å². The number of amidine groups is 1. The van der Waals surface area contributed by atoms with Crippen LogP contribution in [-0.4, -0.2) is 43.8 Å². The molecular weight excluding hydrogens is 285 g/mol. The molecule has 8 heteroatoms. The van der Waals surface area contributed by atoms with Crippen LogP contribution in [-0.2, 0) is 14.8 Å². The average molecular weight is 297 g/mol. The summed E-state index contributed by atoms with van der Waals surface area (Å²) in [6.45, 7) is -0.0762. The number of nitrogens with zero attached hydrogens (tertiary/aromatic N) is 2. The van der Waals surface area contributed by atoms with Gasteiger partial charge in [-0.1, -0.05) is 12.1 Å². The first kappa shape index (κ1) is 13.0. The molecule has 0 spiro atoms. The number of rotatable bonds is 1. The minimum Gasteiger partial charge on any atom is -0.367 e. The molecule has 106 valence electrons. The second-order valence-electron chi connectivity index (χ2n) is 4.89. The molecule has 6 nitrogen and oxygen atoms in total. The number of fused-ring (bicyclic) bond motifs is 1. The van der Waals surface area contributed by atoms with Crippen LogP contribution < -0.4 is 5.73 Å². The SMILES string of the molecule is NC(=O)C1(F)CCN(C2=NS(=O)(=O)c3ccccc32)C1. The Labute approximate surface area is 115 Å². The van der Waals surface area contributed by atoms with Gasteiger partial charge < -0.3 is 10.6 Å². The fourth-order valence-electron chi connectivity index (χ4n) is 2.47. The van der Waals surface area contributed by atoms with Crippen molar-refractivity contribution in [2.45, 2.75) is 17.0 Å². The van der Waals surface area contributed by atoms with E-state index in [1.54, 1.807) is 18.2 Å². The topological polar surface area (TPSA) is 92.8 Å². The number of amides is 1. The molecule has 2 aliphatic rings. The summed E-state index contributed by atoms with van der Waals surface area (Å²) < 4.78 is 41.7. The van der Waals surface area contributed by atoms with Crippen molar-refractivity contribution in [3.63, 3.8) is 0 Å². The van der Waals surface area contributed by atoms with Crippen LogP contribution in [0, 0.1) is 0 Å². The Morgan fingerprint density at radius 2 is 2.10 bits per heavy atom. The maximum Gasteiger partial charge on any atom is 0.285 e. The van der Waals surface area contributed by atoms with Gasteiger partial charge in [-0.15, -0.1) is 4.40 Å². The second-order valence-corrected chi connectivity index (χ2v) is 6.46. The Morgan fingerprint density at radius 3 is 2.75 bits per heavy atom. The molecule has 1 atom stereocenters. The van der Waals surface area contributed by atoms with Crippen molar-refractivity contribution in [1.82, 2.24) is 4.90 Å². The van der Waals surface area contributed by atoms with E-state index >= 15 is 0 Å². The zero-order valence-electron chi connectivity index (χ0n) is 10.4. The molecular formula is C12H12FN3O3S. The normalized spacial score (nSPS) is 27.2. The number of benzene rings is 1. The van der Waals surface area contributed by atoms with Crippen molar-refractivity contribution in [1.29, 1.82) is 0 Å². The van der Waals surface area contributed by atoms with Gasteiger partial charge >= 0.3 is 0 Å². The van der Waals surface area contributed by atoms with Crippen LogP contribution in [0.3, 0.4) is 0 Å². The third kappa shape index (κ3) is 1.79. The first-order valence-corrected chi connectivity index (χ1v) is 7.46. The monoisotopic (exact) mass is 297 g/mol. The second kappa shape index (κ2) is 4.02. The third-order valence-corrected chi connectivity index (χ3v) is 4.90. The number of primary amides is 1.